The molecule has 1 N–H and O–H groups in total. The van der Waals surface area contributed by atoms with Crippen molar-refractivity contribution in [2.45, 2.75) is 37.5 Å². The third kappa shape index (κ3) is 3.88. The summed E-state index contributed by atoms with van der Waals surface area (Å²) in [5.41, 5.74) is 0. The number of anilines is 1. The maximum Gasteiger partial charge on any atom is 0.313 e. The third-order valence-corrected chi connectivity index (χ3v) is 4.50. The van der Waals surface area contributed by atoms with Crippen molar-refractivity contribution in [1.29, 1.82) is 0 Å². The average molecular weight is 313 g/mol. The number of hydrogen-bond donors (Lipinski definition) is 1. The Hall–Kier alpha value is -1.28. The molecule has 1 aromatic heterocycles. The molecule has 1 atom stereocenters. The van der Waals surface area contributed by atoms with Gasteiger partial charge in [0.25, 0.3) is 0 Å². The van der Waals surface area contributed by atoms with E-state index in [9.17, 15) is 4.79 Å². The largest absolute Gasteiger partial charge is 0.481 e. The summed E-state index contributed by atoms with van der Waals surface area (Å²) in [5, 5.41) is 18.0. The van der Waals surface area contributed by atoms with Crippen molar-refractivity contribution in [2.75, 3.05) is 37.8 Å². The van der Waals surface area contributed by atoms with Crippen LogP contribution in [0.5, 0.6) is 0 Å². The van der Waals surface area contributed by atoms with Crippen LogP contribution in [-0.4, -0.2) is 69.7 Å². The zero-order valence-corrected chi connectivity index (χ0v) is 13.6. The van der Waals surface area contributed by atoms with Crippen LogP contribution >= 0.6 is 11.8 Å². The van der Waals surface area contributed by atoms with Gasteiger partial charge in [0.1, 0.15) is 0 Å². The molecule has 8 heteroatoms. The van der Waals surface area contributed by atoms with Crippen molar-refractivity contribution in [1.82, 2.24) is 19.7 Å². The Morgan fingerprint density at radius 1 is 1.48 bits per heavy atom. The van der Waals surface area contributed by atoms with Crippen LogP contribution in [0.2, 0.25) is 0 Å². The Bertz CT molecular complexity index is 491. The van der Waals surface area contributed by atoms with E-state index in [1.54, 1.807) is 0 Å². The van der Waals surface area contributed by atoms with Gasteiger partial charge in [-0.15, -0.1) is 10.2 Å². The lowest BCUT2D eigenvalue weighted by Crippen LogP contribution is -2.39. The van der Waals surface area contributed by atoms with Crippen molar-refractivity contribution >= 4 is 23.7 Å². The molecular formula is C13H23N5O2S. The summed E-state index contributed by atoms with van der Waals surface area (Å²) in [7, 11) is 4.16. The molecular weight excluding hydrogens is 290 g/mol. The van der Waals surface area contributed by atoms with Gasteiger partial charge >= 0.3 is 5.97 Å². The first-order valence-corrected chi connectivity index (χ1v) is 8.20. The van der Waals surface area contributed by atoms with E-state index in [4.69, 9.17) is 5.11 Å². The zero-order chi connectivity index (χ0) is 15.4. The summed E-state index contributed by atoms with van der Waals surface area (Å²) < 4.78 is 2.02. The Kier molecular flexibility index (Phi) is 5.46. The molecule has 7 nitrogen and oxygen atoms in total. The number of aliphatic carboxylic acids is 1. The molecule has 0 amide bonds. The summed E-state index contributed by atoms with van der Waals surface area (Å²) in [6.45, 7) is 4.76. The molecule has 1 saturated heterocycles. The normalized spacial score (nSPS) is 18.7. The van der Waals surface area contributed by atoms with Gasteiger partial charge in [0, 0.05) is 25.7 Å². The highest BCUT2D eigenvalue weighted by Gasteiger charge is 2.29. The average Bonchev–Trinajstić information content (AvgIpc) is 3.01. The third-order valence-electron chi connectivity index (χ3n) is 3.55. The molecule has 0 aromatic carbocycles. The number of likely N-dealkylation sites (N-methyl/N-ethyl adjacent to an activating group) is 1. The Morgan fingerprint density at radius 3 is 2.86 bits per heavy atom. The fourth-order valence-electron chi connectivity index (χ4n) is 2.71. The number of carboxylic acids is 1. The predicted octanol–water partition coefficient (Wildman–Crippen LogP) is 1.01. The van der Waals surface area contributed by atoms with E-state index in [2.05, 4.69) is 34.1 Å². The van der Waals surface area contributed by atoms with Gasteiger partial charge in [0.15, 0.2) is 5.16 Å². The molecule has 1 aliphatic rings. The van der Waals surface area contributed by atoms with Crippen LogP contribution in [0.25, 0.3) is 0 Å². The number of aromatic nitrogens is 3. The molecule has 0 aliphatic carbocycles. The Morgan fingerprint density at radius 2 is 2.24 bits per heavy atom. The minimum atomic E-state index is -0.834. The number of nitrogens with zero attached hydrogens (tertiary/aromatic N) is 5. The topological polar surface area (TPSA) is 74.5 Å². The first-order valence-electron chi connectivity index (χ1n) is 7.22. The molecule has 0 bridgehead atoms. The van der Waals surface area contributed by atoms with E-state index < -0.39 is 5.97 Å². The highest BCUT2D eigenvalue weighted by atomic mass is 32.2. The zero-order valence-electron chi connectivity index (χ0n) is 12.8. The van der Waals surface area contributed by atoms with Gasteiger partial charge in [-0.3, -0.25) is 9.36 Å². The lowest BCUT2D eigenvalue weighted by Gasteiger charge is -2.28. The molecule has 0 radical (unpaired) electrons. The predicted molar refractivity (Wildman–Crippen MR) is 83.0 cm³/mol. The summed E-state index contributed by atoms with van der Waals surface area (Å²) >= 11 is 1.23. The molecule has 0 saturated carbocycles. The van der Waals surface area contributed by atoms with Gasteiger partial charge in [0.05, 0.1) is 5.75 Å². The van der Waals surface area contributed by atoms with Gasteiger partial charge in [-0.2, -0.15) is 0 Å². The molecule has 21 heavy (non-hydrogen) atoms. The van der Waals surface area contributed by atoms with Crippen LogP contribution in [-0.2, 0) is 11.3 Å². The Labute approximate surface area is 129 Å². The van der Waals surface area contributed by atoms with E-state index in [-0.39, 0.29) is 5.75 Å². The first-order chi connectivity index (χ1) is 10.0. The fourth-order valence-corrected chi connectivity index (χ4v) is 3.43. The smallest absolute Gasteiger partial charge is 0.313 e. The number of hydrogen-bond acceptors (Lipinski definition) is 6. The van der Waals surface area contributed by atoms with Crippen molar-refractivity contribution < 1.29 is 9.90 Å². The lowest BCUT2D eigenvalue weighted by molar-refractivity contribution is -0.133. The van der Waals surface area contributed by atoms with Crippen LogP contribution in [0, 0.1) is 0 Å². The maximum atomic E-state index is 10.7. The van der Waals surface area contributed by atoms with Gasteiger partial charge in [0.2, 0.25) is 5.95 Å². The van der Waals surface area contributed by atoms with Crippen molar-refractivity contribution in [3.8, 4) is 0 Å². The van der Waals surface area contributed by atoms with Crippen LogP contribution in [0.3, 0.4) is 0 Å². The standard InChI is InChI=1S/C13H23N5O2S/c1-4-17-12(14-15-13(17)21-9-11(19)20)18-7-5-6-10(18)8-16(2)3/h10H,4-9H2,1-3H3,(H,19,20). The van der Waals surface area contributed by atoms with E-state index in [0.29, 0.717) is 11.2 Å². The second-order valence-electron chi connectivity index (χ2n) is 5.46. The van der Waals surface area contributed by atoms with Crippen molar-refractivity contribution in [2.24, 2.45) is 0 Å². The van der Waals surface area contributed by atoms with Crippen LogP contribution < -0.4 is 4.90 Å². The summed E-state index contributed by atoms with van der Waals surface area (Å²) in [4.78, 5) is 15.2. The summed E-state index contributed by atoms with van der Waals surface area (Å²) in [6, 6.07) is 0.451. The number of rotatable bonds is 7. The second kappa shape index (κ2) is 7.13. The Balaban J connectivity index is 2.16. The second-order valence-corrected chi connectivity index (χ2v) is 6.40. The molecule has 118 valence electrons. The molecule has 2 heterocycles. The first kappa shape index (κ1) is 16.1. The van der Waals surface area contributed by atoms with Gasteiger partial charge in [-0.05, 0) is 33.9 Å². The minimum absolute atomic E-state index is 0.0132. The molecule has 1 aromatic rings. The van der Waals surface area contributed by atoms with Crippen LogP contribution in [0.4, 0.5) is 5.95 Å². The van der Waals surface area contributed by atoms with E-state index in [1.807, 2.05) is 11.5 Å². The van der Waals surface area contributed by atoms with E-state index in [0.717, 1.165) is 38.4 Å². The van der Waals surface area contributed by atoms with E-state index in [1.165, 1.54) is 11.8 Å². The molecule has 2 rings (SSSR count). The maximum absolute atomic E-state index is 10.7. The fraction of sp³-hybridized carbons (Fsp3) is 0.769. The lowest BCUT2D eigenvalue weighted by atomic mass is 10.2. The highest BCUT2D eigenvalue weighted by Crippen LogP contribution is 2.28. The molecule has 1 fully saturated rings. The minimum Gasteiger partial charge on any atom is -0.481 e. The molecule has 1 aliphatic heterocycles. The highest BCUT2D eigenvalue weighted by molar-refractivity contribution is 7.99. The van der Waals surface area contributed by atoms with Crippen LogP contribution in [0.1, 0.15) is 19.8 Å². The van der Waals surface area contributed by atoms with Crippen LogP contribution in [0.15, 0.2) is 5.16 Å². The van der Waals surface area contributed by atoms with Crippen molar-refractivity contribution in [3.63, 3.8) is 0 Å². The number of carbonyl (C=O) groups is 1. The number of thioether (sulfide) groups is 1. The van der Waals surface area contributed by atoms with Gasteiger partial charge in [-0.25, -0.2) is 0 Å². The SMILES string of the molecule is CCn1c(SCC(=O)O)nnc1N1CCCC1CN(C)C. The molecule has 0 spiro atoms. The molecule has 1 unspecified atom stereocenters. The summed E-state index contributed by atoms with van der Waals surface area (Å²) in [6.07, 6.45) is 2.32. The quantitative estimate of drug-likeness (QED) is 0.753. The summed E-state index contributed by atoms with van der Waals surface area (Å²) in [5.74, 6) is 0.0489. The van der Waals surface area contributed by atoms with E-state index >= 15 is 0 Å². The van der Waals surface area contributed by atoms with Crippen molar-refractivity contribution in [3.05, 3.63) is 0 Å². The van der Waals surface area contributed by atoms with Gasteiger partial charge < -0.3 is 14.9 Å². The van der Waals surface area contributed by atoms with Gasteiger partial charge in [-0.1, -0.05) is 11.8 Å². The monoisotopic (exact) mass is 313 g/mol. The number of carboxylic acid groups (broad SMARTS) is 1.